The monoisotopic (exact) mass is 525 g/mol. The molecule has 194 valence electrons. The van der Waals surface area contributed by atoms with E-state index in [4.69, 9.17) is 21.1 Å². The van der Waals surface area contributed by atoms with Crippen LogP contribution >= 0.6 is 11.6 Å². The van der Waals surface area contributed by atoms with E-state index in [1.807, 2.05) is 6.08 Å². The molecule has 1 amide bonds. The van der Waals surface area contributed by atoms with Crippen molar-refractivity contribution in [1.29, 1.82) is 0 Å². The number of methoxy groups -OCH3 is 1. The lowest BCUT2D eigenvalue weighted by atomic mass is 10.1. The van der Waals surface area contributed by atoms with Crippen molar-refractivity contribution < 1.29 is 18.7 Å². The molecule has 2 aromatic carbocycles. The molecule has 1 saturated carbocycles. The fraction of sp³-hybridized carbons (Fsp3) is 0.370. The highest BCUT2D eigenvalue weighted by molar-refractivity contribution is 6.31. The summed E-state index contributed by atoms with van der Waals surface area (Å²) in [5.74, 6) is 0.191. The number of benzene rings is 2. The molecule has 2 unspecified atom stereocenters. The number of halogens is 2. The molecule has 1 aromatic heterocycles. The van der Waals surface area contributed by atoms with E-state index in [1.165, 1.54) is 32.0 Å². The van der Waals surface area contributed by atoms with Crippen molar-refractivity contribution in [2.24, 2.45) is 0 Å². The molecule has 0 bridgehead atoms. The number of hydrogen-bond donors (Lipinski definition) is 2. The normalized spacial score (nSPS) is 20.1. The lowest BCUT2D eigenvalue weighted by molar-refractivity contribution is -0.111. The van der Waals surface area contributed by atoms with Crippen molar-refractivity contribution in [2.45, 2.75) is 37.8 Å². The Bertz CT molecular complexity index is 1320. The third kappa shape index (κ3) is 5.84. The minimum Gasteiger partial charge on any atom is -0.494 e. The number of rotatable bonds is 7. The van der Waals surface area contributed by atoms with Crippen LogP contribution in [0.3, 0.4) is 0 Å². The second-order valence-corrected chi connectivity index (χ2v) is 9.60. The Morgan fingerprint density at radius 3 is 3.00 bits per heavy atom. The first-order valence-electron chi connectivity index (χ1n) is 12.4. The molecule has 2 aliphatic rings. The standard InChI is InChI=1S/C27H29ClFN5O3/c1-36-25-15-21-18(27(31-16-30-21)32-17-8-9-20(29)19(28)13-17)14-22(25)33-26(35)7-3-10-34-11-4-12-37-24-6-2-5-23(24)34/h3,7-9,13-16,23-24H,2,4-6,10-12H2,1H3,(H,33,35)(H,30,31,32). The van der Waals surface area contributed by atoms with Crippen LogP contribution in [-0.2, 0) is 9.53 Å². The zero-order chi connectivity index (χ0) is 25.8. The quantitative estimate of drug-likeness (QED) is 0.404. The SMILES string of the molecule is COc1cc2ncnc(Nc3ccc(F)c(Cl)c3)c2cc1NC(=O)C=CCN1CCCOC2CCCC21. The van der Waals surface area contributed by atoms with Gasteiger partial charge in [-0.3, -0.25) is 9.69 Å². The lowest BCUT2D eigenvalue weighted by Gasteiger charge is -2.28. The number of carbonyl (C=O) groups excluding carboxylic acids is 1. The first-order chi connectivity index (χ1) is 18.0. The van der Waals surface area contributed by atoms with E-state index < -0.39 is 5.82 Å². The number of carbonyl (C=O) groups is 1. The first-order valence-corrected chi connectivity index (χ1v) is 12.8. The molecule has 1 aliphatic carbocycles. The zero-order valence-corrected chi connectivity index (χ0v) is 21.3. The minimum absolute atomic E-state index is 0.000856. The molecule has 2 N–H and O–H groups in total. The van der Waals surface area contributed by atoms with Gasteiger partial charge in [0, 0.05) is 49.0 Å². The average Bonchev–Trinajstić information content (AvgIpc) is 3.27. The van der Waals surface area contributed by atoms with Gasteiger partial charge in [0.25, 0.3) is 0 Å². The van der Waals surface area contributed by atoms with Gasteiger partial charge in [-0.05, 0) is 49.9 Å². The van der Waals surface area contributed by atoms with Crippen LogP contribution in [0.5, 0.6) is 5.75 Å². The van der Waals surface area contributed by atoms with Crippen LogP contribution < -0.4 is 15.4 Å². The van der Waals surface area contributed by atoms with E-state index in [0.29, 0.717) is 52.5 Å². The topological polar surface area (TPSA) is 88.6 Å². The molecule has 10 heteroatoms. The van der Waals surface area contributed by atoms with Gasteiger partial charge in [0.15, 0.2) is 0 Å². The maximum Gasteiger partial charge on any atom is 0.248 e. The van der Waals surface area contributed by atoms with Crippen molar-refractivity contribution in [1.82, 2.24) is 14.9 Å². The van der Waals surface area contributed by atoms with E-state index in [2.05, 4.69) is 25.5 Å². The van der Waals surface area contributed by atoms with Crippen LogP contribution in [0.4, 0.5) is 21.6 Å². The summed E-state index contributed by atoms with van der Waals surface area (Å²) < 4.78 is 25.1. The maximum atomic E-state index is 13.6. The van der Waals surface area contributed by atoms with Crippen LogP contribution in [0.15, 0.2) is 48.8 Å². The fourth-order valence-corrected chi connectivity index (χ4v) is 5.22. The van der Waals surface area contributed by atoms with Gasteiger partial charge in [0.2, 0.25) is 5.91 Å². The Hall–Kier alpha value is -3.27. The van der Waals surface area contributed by atoms with E-state index in [0.717, 1.165) is 32.4 Å². The van der Waals surface area contributed by atoms with Gasteiger partial charge in [-0.15, -0.1) is 0 Å². The van der Waals surface area contributed by atoms with E-state index in [-0.39, 0.29) is 10.9 Å². The van der Waals surface area contributed by atoms with Crippen LogP contribution in [0.25, 0.3) is 10.9 Å². The lowest BCUT2D eigenvalue weighted by Crippen LogP contribution is -2.39. The molecule has 5 rings (SSSR count). The molecule has 1 saturated heterocycles. The number of anilines is 3. The summed E-state index contributed by atoms with van der Waals surface area (Å²) in [6.45, 7) is 2.48. The molecule has 0 spiro atoms. The Morgan fingerprint density at radius 2 is 2.16 bits per heavy atom. The van der Waals surface area contributed by atoms with Gasteiger partial charge in [-0.25, -0.2) is 14.4 Å². The van der Waals surface area contributed by atoms with Crippen molar-refractivity contribution in [3.63, 3.8) is 0 Å². The van der Waals surface area contributed by atoms with E-state index in [1.54, 1.807) is 24.3 Å². The van der Waals surface area contributed by atoms with Crippen molar-refractivity contribution in [2.75, 3.05) is 37.4 Å². The summed E-state index contributed by atoms with van der Waals surface area (Å²) in [5, 5.41) is 6.70. The van der Waals surface area contributed by atoms with Crippen molar-refractivity contribution >= 4 is 45.6 Å². The van der Waals surface area contributed by atoms with Crippen LogP contribution in [0, 0.1) is 5.82 Å². The predicted octanol–water partition coefficient (Wildman–Crippen LogP) is 5.31. The second kappa shape index (κ2) is 11.4. The summed E-state index contributed by atoms with van der Waals surface area (Å²) in [6, 6.07) is 8.24. The van der Waals surface area contributed by atoms with E-state index in [9.17, 15) is 9.18 Å². The minimum atomic E-state index is -0.505. The molecular formula is C27H29ClFN5O3. The highest BCUT2D eigenvalue weighted by atomic mass is 35.5. The van der Waals surface area contributed by atoms with Gasteiger partial charge in [0.05, 0.1) is 29.4 Å². The summed E-state index contributed by atoms with van der Waals surface area (Å²) in [6.07, 6.45) is 9.62. The number of hydrogen-bond acceptors (Lipinski definition) is 7. The van der Waals surface area contributed by atoms with Crippen LogP contribution in [-0.4, -0.2) is 59.7 Å². The van der Waals surface area contributed by atoms with Crippen LogP contribution in [0.2, 0.25) is 5.02 Å². The summed E-state index contributed by atoms with van der Waals surface area (Å²) in [5.41, 5.74) is 1.67. The summed E-state index contributed by atoms with van der Waals surface area (Å²) in [7, 11) is 1.53. The molecule has 1 aliphatic heterocycles. The molecule has 2 atom stereocenters. The first kappa shape index (κ1) is 25.4. The van der Waals surface area contributed by atoms with Crippen molar-refractivity contribution in [3.8, 4) is 5.75 Å². The van der Waals surface area contributed by atoms with Gasteiger partial charge in [0.1, 0.15) is 23.7 Å². The molecule has 2 heterocycles. The number of aromatic nitrogens is 2. The van der Waals surface area contributed by atoms with Gasteiger partial charge in [-0.2, -0.15) is 0 Å². The fourth-order valence-electron chi connectivity index (χ4n) is 5.04. The molecular weight excluding hydrogens is 497 g/mol. The molecule has 3 aromatic rings. The largest absolute Gasteiger partial charge is 0.494 e. The summed E-state index contributed by atoms with van der Waals surface area (Å²) >= 11 is 5.92. The number of amides is 1. The average molecular weight is 526 g/mol. The Morgan fingerprint density at radius 1 is 1.27 bits per heavy atom. The summed E-state index contributed by atoms with van der Waals surface area (Å²) in [4.78, 5) is 23.9. The molecule has 8 nitrogen and oxygen atoms in total. The second-order valence-electron chi connectivity index (χ2n) is 9.19. The Balaban J connectivity index is 1.32. The molecule has 0 radical (unpaired) electrons. The maximum absolute atomic E-state index is 13.6. The van der Waals surface area contributed by atoms with Gasteiger partial charge in [-0.1, -0.05) is 17.7 Å². The number of nitrogens with zero attached hydrogens (tertiary/aromatic N) is 3. The Labute approximate surface area is 219 Å². The number of fused-ring (bicyclic) bond motifs is 2. The number of ether oxygens (including phenoxy) is 2. The Kier molecular flexibility index (Phi) is 7.83. The number of nitrogens with one attached hydrogen (secondary N) is 2. The predicted molar refractivity (Wildman–Crippen MR) is 142 cm³/mol. The molecule has 2 fully saturated rings. The van der Waals surface area contributed by atoms with Gasteiger partial charge >= 0.3 is 0 Å². The van der Waals surface area contributed by atoms with Gasteiger partial charge < -0.3 is 20.1 Å². The van der Waals surface area contributed by atoms with E-state index >= 15 is 0 Å². The zero-order valence-electron chi connectivity index (χ0n) is 20.5. The third-order valence-electron chi connectivity index (χ3n) is 6.81. The highest BCUT2D eigenvalue weighted by Gasteiger charge is 2.33. The van der Waals surface area contributed by atoms with Crippen LogP contribution in [0.1, 0.15) is 25.7 Å². The van der Waals surface area contributed by atoms with Crippen molar-refractivity contribution in [3.05, 3.63) is 59.7 Å². The smallest absolute Gasteiger partial charge is 0.248 e. The third-order valence-corrected chi connectivity index (χ3v) is 7.10. The highest BCUT2D eigenvalue weighted by Crippen LogP contribution is 2.34. The molecule has 37 heavy (non-hydrogen) atoms.